The molecular weight excluding hydrogens is 200 g/mol. The molecule has 3 nitrogen and oxygen atoms in total. The quantitative estimate of drug-likeness (QED) is 0.725. The van der Waals surface area contributed by atoms with Crippen LogP contribution in [0.15, 0.2) is 0 Å². The first-order valence-electron chi connectivity index (χ1n) is 5.02. The molecular formula is C10H18O3S. The summed E-state index contributed by atoms with van der Waals surface area (Å²) in [6, 6.07) is 0. The SMILES string of the molecule is COC(=O)C(C)CSC1CCCC1O. The summed E-state index contributed by atoms with van der Waals surface area (Å²) in [5.74, 6) is 0.511. The number of carbonyl (C=O) groups is 1. The predicted octanol–water partition coefficient (Wildman–Crippen LogP) is 1.44. The number of esters is 1. The van der Waals surface area contributed by atoms with Crippen LogP contribution in [0.1, 0.15) is 26.2 Å². The van der Waals surface area contributed by atoms with Gasteiger partial charge in [-0.15, -0.1) is 0 Å². The maximum Gasteiger partial charge on any atom is 0.309 e. The molecule has 0 spiro atoms. The number of ether oxygens (including phenoxy) is 1. The molecule has 82 valence electrons. The normalized spacial score (nSPS) is 28.8. The van der Waals surface area contributed by atoms with Gasteiger partial charge >= 0.3 is 5.97 Å². The van der Waals surface area contributed by atoms with Gasteiger partial charge in [-0.2, -0.15) is 11.8 Å². The zero-order valence-corrected chi connectivity index (χ0v) is 9.55. The summed E-state index contributed by atoms with van der Waals surface area (Å²) in [6.45, 7) is 1.86. The molecule has 1 aliphatic rings. The van der Waals surface area contributed by atoms with E-state index in [9.17, 15) is 9.90 Å². The topological polar surface area (TPSA) is 46.5 Å². The average Bonchev–Trinajstić information content (AvgIpc) is 2.59. The summed E-state index contributed by atoms with van der Waals surface area (Å²) in [4.78, 5) is 11.1. The summed E-state index contributed by atoms with van der Waals surface area (Å²) < 4.78 is 4.64. The lowest BCUT2D eigenvalue weighted by Gasteiger charge is -2.15. The zero-order chi connectivity index (χ0) is 10.6. The Morgan fingerprint density at radius 1 is 1.64 bits per heavy atom. The highest BCUT2D eigenvalue weighted by atomic mass is 32.2. The fraction of sp³-hybridized carbons (Fsp3) is 0.900. The molecule has 3 unspecified atom stereocenters. The maximum absolute atomic E-state index is 11.1. The van der Waals surface area contributed by atoms with E-state index in [2.05, 4.69) is 4.74 Å². The molecule has 0 aromatic rings. The Balaban J connectivity index is 2.22. The van der Waals surface area contributed by atoms with Gasteiger partial charge in [-0.25, -0.2) is 0 Å². The minimum absolute atomic E-state index is 0.0715. The summed E-state index contributed by atoms with van der Waals surface area (Å²) in [7, 11) is 1.41. The number of carbonyl (C=O) groups excluding carboxylic acids is 1. The van der Waals surface area contributed by atoms with Crippen LogP contribution in [0, 0.1) is 5.92 Å². The van der Waals surface area contributed by atoms with Crippen LogP contribution in [0.5, 0.6) is 0 Å². The molecule has 0 aromatic heterocycles. The molecule has 1 fully saturated rings. The molecule has 1 rings (SSSR count). The predicted molar refractivity (Wildman–Crippen MR) is 57.3 cm³/mol. The summed E-state index contributed by atoms with van der Waals surface area (Å²) in [6.07, 6.45) is 2.90. The standard InChI is InChI=1S/C10H18O3S/c1-7(10(12)13-2)6-14-9-5-3-4-8(9)11/h7-9,11H,3-6H2,1-2H3. The van der Waals surface area contributed by atoms with Crippen molar-refractivity contribution in [2.24, 2.45) is 5.92 Å². The van der Waals surface area contributed by atoms with Gasteiger partial charge in [0.2, 0.25) is 0 Å². The van der Waals surface area contributed by atoms with Crippen molar-refractivity contribution in [2.75, 3.05) is 12.9 Å². The van der Waals surface area contributed by atoms with Gasteiger partial charge in [-0.05, 0) is 19.3 Å². The van der Waals surface area contributed by atoms with Crippen molar-refractivity contribution in [1.82, 2.24) is 0 Å². The second-order valence-electron chi connectivity index (χ2n) is 3.79. The van der Waals surface area contributed by atoms with Crippen LogP contribution in [0.4, 0.5) is 0 Å². The third-order valence-corrected chi connectivity index (χ3v) is 4.25. The molecule has 4 heteroatoms. The molecule has 0 bridgehead atoms. The fourth-order valence-corrected chi connectivity index (χ4v) is 3.00. The van der Waals surface area contributed by atoms with Gasteiger partial charge in [0.1, 0.15) is 0 Å². The Kier molecular flexibility index (Phi) is 4.75. The van der Waals surface area contributed by atoms with Crippen molar-refractivity contribution in [3.8, 4) is 0 Å². The van der Waals surface area contributed by atoms with E-state index in [4.69, 9.17) is 0 Å². The Morgan fingerprint density at radius 2 is 2.36 bits per heavy atom. The lowest BCUT2D eigenvalue weighted by molar-refractivity contribution is -0.144. The highest BCUT2D eigenvalue weighted by Crippen LogP contribution is 2.31. The number of methoxy groups -OCH3 is 1. The second-order valence-corrected chi connectivity index (χ2v) is 5.07. The molecule has 0 aliphatic heterocycles. The third kappa shape index (κ3) is 3.17. The van der Waals surface area contributed by atoms with Crippen LogP contribution < -0.4 is 0 Å². The number of thioether (sulfide) groups is 1. The number of aliphatic hydroxyl groups is 1. The van der Waals surface area contributed by atoms with Crippen LogP contribution in [0.25, 0.3) is 0 Å². The number of aliphatic hydroxyl groups excluding tert-OH is 1. The molecule has 1 saturated carbocycles. The fourth-order valence-electron chi connectivity index (χ4n) is 1.64. The summed E-state index contributed by atoms with van der Waals surface area (Å²) >= 11 is 1.69. The van der Waals surface area contributed by atoms with Crippen LogP contribution in [-0.4, -0.2) is 35.3 Å². The molecule has 0 radical (unpaired) electrons. The van der Waals surface area contributed by atoms with Crippen LogP contribution in [0.2, 0.25) is 0 Å². The second kappa shape index (κ2) is 5.61. The largest absolute Gasteiger partial charge is 0.469 e. The van der Waals surface area contributed by atoms with Gasteiger partial charge in [-0.1, -0.05) is 6.92 Å². The molecule has 1 aliphatic carbocycles. The monoisotopic (exact) mass is 218 g/mol. The van der Waals surface area contributed by atoms with Gasteiger partial charge in [0.05, 0.1) is 19.1 Å². The van der Waals surface area contributed by atoms with E-state index < -0.39 is 0 Å². The number of rotatable bonds is 4. The molecule has 0 saturated heterocycles. The smallest absolute Gasteiger partial charge is 0.309 e. The summed E-state index contributed by atoms with van der Waals surface area (Å²) in [5.41, 5.74) is 0. The molecule has 0 aromatic carbocycles. The lowest BCUT2D eigenvalue weighted by Crippen LogP contribution is -2.20. The maximum atomic E-state index is 11.1. The summed E-state index contributed by atoms with van der Waals surface area (Å²) in [5, 5.41) is 9.88. The first-order valence-corrected chi connectivity index (χ1v) is 6.07. The Bertz CT molecular complexity index is 196. The zero-order valence-electron chi connectivity index (χ0n) is 8.73. The van der Waals surface area contributed by atoms with E-state index in [1.165, 1.54) is 7.11 Å². The van der Waals surface area contributed by atoms with Crippen molar-refractivity contribution >= 4 is 17.7 Å². The highest BCUT2D eigenvalue weighted by molar-refractivity contribution is 8.00. The highest BCUT2D eigenvalue weighted by Gasteiger charge is 2.26. The van der Waals surface area contributed by atoms with Gasteiger partial charge in [-0.3, -0.25) is 4.79 Å². The van der Waals surface area contributed by atoms with E-state index in [1.54, 1.807) is 11.8 Å². The first-order chi connectivity index (χ1) is 6.65. The van der Waals surface area contributed by atoms with Gasteiger partial charge in [0, 0.05) is 11.0 Å². The number of hydrogen-bond acceptors (Lipinski definition) is 4. The molecule has 0 amide bonds. The lowest BCUT2D eigenvalue weighted by atomic mass is 10.2. The van der Waals surface area contributed by atoms with Crippen molar-refractivity contribution in [3.63, 3.8) is 0 Å². The third-order valence-electron chi connectivity index (χ3n) is 2.58. The Labute approximate surface area is 89.2 Å². The molecule has 0 heterocycles. The number of hydrogen-bond donors (Lipinski definition) is 1. The molecule has 14 heavy (non-hydrogen) atoms. The molecule has 1 N–H and O–H groups in total. The van der Waals surface area contributed by atoms with Gasteiger partial charge < -0.3 is 9.84 Å². The minimum Gasteiger partial charge on any atom is -0.469 e. The van der Waals surface area contributed by atoms with Crippen LogP contribution in [-0.2, 0) is 9.53 Å². The van der Waals surface area contributed by atoms with Crippen molar-refractivity contribution in [2.45, 2.75) is 37.5 Å². The van der Waals surface area contributed by atoms with E-state index >= 15 is 0 Å². The van der Waals surface area contributed by atoms with Crippen molar-refractivity contribution in [1.29, 1.82) is 0 Å². The van der Waals surface area contributed by atoms with Crippen LogP contribution >= 0.6 is 11.8 Å². The Morgan fingerprint density at radius 3 is 2.86 bits per heavy atom. The Hall–Kier alpha value is -0.220. The van der Waals surface area contributed by atoms with E-state index in [-0.39, 0.29) is 18.0 Å². The van der Waals surface area contributed by atoms with E-state index in [1.807, 2.05) is 6.92 Å². The van der Waals surface area contributed by atoms with E-state index in [0.717, 1.165) is 25.0 Å². The van der Waals surface area contributed by atoms with Gasteiger partial charge in [0.25, 0.3) is 0 Å². The van der Waals surface area contributed by atoms with Crippen molar-refractivity contribution in [3.05, 3.63) is 0 Å². The average molecular weight is 218 g/mol. The molecule has 3 atom stereocenters. The van der Waals surface area contributed by atoms with Crippen LogP contribution in [0.3, 0.4) is 0 Å². The van der Waals surface area contributed by atoms with Crippen molar-refractivity contribution < 1.29 is 14.6 Å². The van der Waals surface area contributed by atoms with E-state index in [0.29, 0.717) is 5.25 Å². The minimum atomic E-state index is -0.176. The van der Waals surface area contributed by atoms with Gasteiger partial charge in [0.15, 0.2) is 0 Å². The first kappa shape index (κ1) is 11.9.